The summed E-state index contributed by atoms with van der Waals surface area (Å²) >= 11 is 0. The van der Waals surface area contributed by atoms with E-state index < -0.39 is 0 Å². The third kappa shape index (κ3) is 4.46. The van der Waals surface area contributed by atoms with Gasteiger partial charge in [0.05, 0.1) is 19.8 Å². The summed E-state index contributed by atoms with van der Waals surface area (Å²) in [5, 5.41) is 4.98. The minimum Gasteiger partial charge on any atom is -0.497 e. The topological polar surface area (TPSA) is 52.5 Å². The molecule has 152 valence electrons. The lowest BCUT2D eigenvalue weighted by molar-refractivity contribution is 0.141. The first-order valence-electron chi connectivity index (χ1n) is 10.3. The molecule has 1 fully saturated rings. The zero-order valence-electron chi connectivity index (χ0n) is 17.1. The van der Waals surface area contributed by atoms with Gasteiger partial charge in [-0.15, -0.1) is 0 Å². The van der Waals surface area contributed by atoms with Gasteiger partial charge in [-0.3, -0.25) is 4.79 Å². The van der Waals surface area contributed by atoms with Crippen molar-refractivity contribution in [2.24, 2.45) is 0 Å². The number of ether oxygens (including phenoxy) is 2. The number of pyridine rings is 1. The average Bonchev–Trinajstić information content (AvgIpc) is 2.77. The van der Waals surface area contributed by atoms with Crippen LogP contribution in [-0.4, -0.2) is 30.9 Å². The Labute approximate surface area is 171 Å². The standard InChI is InChI=1S/C24H28N2O3/c1-25-19-5-9-21(10-6-19)29-22-11-12-23-18(15-22)13-14-26(24(23)27)16-17-3-7-20(28-2)8-4-17/h3-4,7-8,11-15,19,21,25H,5-6,9-10,16H2,1-2H3. The van der Waals surface area contributed by atoms with Gasteiger partial charge in [-0.05, 0) is 80.1 Å². The normalized spacial score (nSPS) is 19.2. The van der Waals surface area contributed by atoms with E-state index in [0.29, 0.717) is 18.0 Å². The number of benzene rings is 2. The van der Waals surface area contributed by atoms with Crippen molar-refractivity contribution >= 4 is 10.8 Å². The van der Waals surface area contributed by atoms with E-state index >= 15 is 0 Å². The zero-order valence-corrected chi connectivity index (χ0v) is 17.1. The molecule has 0 saturated heterocycles. The maximum Gasteiger partial charge on any atom is 0.258 e. The fraction of sp³-hybridized carbons (Fsp3) is 0.375. The average molecular weight is 392 g/mol. The monoisotopic (exact) mass is 392 g/mol. The van der Waals surface area contributed by atoms with E-state index in [2.05, 4.69) is 5.32 Å². The van der Waals surface area contributed by atoms with Gasteiger partial charge in [0, 0.05) is 17.6 Å². The Bertz CT molecular complexity index is 1020. The molecule has 3 aromatic rings. The molecule has 0 unspecified atom stereocenters. The number of hydrogen-bond donors (Lipinski definition) is 1. The van der Waals surface area contributed by atoms with Crippen LogP contribution in [0.2, 0.25) is 0 Å². The third-order valence-electron chi connectivity index (χ3n) is 5.85. The second-order valence-electron chi connectivity index (χ2n) is 7.73. The summed E-state index contributed by atoms with van der Waals surface area (Å²) in [5.41, 5.74) is 1.07. The summed E-state index contributed by atoms with van der Waals surface area (Å²) in [6, 6.07) is 16.2. The highest BCUT2D eigenvalue weighted by atomic mass is 16.5. The SMILES string of the molecule is CNC1CCC(Oc2ccc3c(=O)n(Cc4ccc(OC)cc4)ccc3c2)CC1. The molecule has 29 heavy (non-hydrogen) atoms. The molecule has 0 atom stereocenters. The first-order chi connectivity index (χ1) is 14.2. The number of aromatic nitrogens is 1. The largest absolute Gasteiger partial charge is 0.497 e. The van der Waals surface area contributed by atoms with E-state index in [1.54, 1.807) is 11.7 Å². The predicted octanol–water partition coefficient (Wildman–Crippen LogP) is 3.97. The van der Waals surface area contributed by atoms with Crippen LogP contribution in [0.5, 0.6) is 11.5 Å². The van der Waals surface area contributed by atoms with Gasteiger partial charge >= 0.3 is 0 Å². The van der Waals surface area contributed by atoms with Gasteiger partial charge in [0.2, 0.25) is 0 Å². The van der Waals surface area contributed by atoms with Crippen LogP contribution in [0.1, 0.15) is 31.2 Å². The van der Waals surface area contributed by atoms with Crippen molar-refractivity contribution in [1.82, 2.24) is 9.88 Å². The van der Waals surface area contributed by atoms with Crippen LogP contribution in [-0.2, 0) is 6.54 Å². The lowest BCUT2D eigenvalue weighted by Crippen LogP contribution is -2.34. The summed E-state index contributed by atoms with van der Waals surface area (Å²) in [4.78, 5) is 12.9. The smallest absolute Gasteiger partial charge is 0.258 e. The van der Waals surface area contributed by atoms with Crippen molar-refractivity contribution in [2.45, 2.75) is 44.4 Å². The maximum atomic E-state index is 12.9. The van der Waals surface area contributed by atoms with Crippen LogP contribution in [0.15, 0.2) is 59.5 Å². The molecule has 5 nitrogen and oxygen atoms in total. The van der Waals surface area contributed by atoms with Crippen molar-refractivity contribution in [1.29, 1.82) is 0 Å². The van der Waals surface area contributed by atoms with Crippen LogP contribution in [0, 0.1) is 0 Å². The molecule has 0 spiro atoms. The summed E-state index contributed by atoms with van der Waals surface area (Å²) < 4.78 is 13.1. The number of fused-ring (bicyclic) bond motifs is 1. The van der Waals surface area contributed by atoms with E-state index in [4.69, 9.17) is 9.47 Å². The van der Waals surface area contributed by atoms with Gasteiger partial charge in [-0.1, -0.05) is 12.1 Å². The Kier molecular flexibility index (Phi) is 5.86. The quantitative estimate of drug-likeness (QED) is 0.690. The van der Waals surface area contributed by atoms with Crippen LogP contribution in [0.4, 0.5) is 0 Å². The van der Waals surface area contributed by atoms with Gasteiger partial charge in [0.25, 0.3) is 5.56 Å². The highest BCUT2D eigenvalue weighted by Crippen LogP contribution is 2.26. The fourth-order valence-electron chi connectivity index (χ4n) is 4.05. The number of nitrogens with zero attached hydrogens (tertiary/aromatic N) is 1. The minimum absolute atomic E-state index is 0.0133. The highest BCUT2D eigenvalue weighted by molar-refractivity contribution is 5.82. The molecule has 1 saturated carbocycles. The van der Waals surface area contributed by atoms with Crippen LogP contribution in [0.3, 0.4) is 0 Å². The second kappa shape index (κ2) is 8.70. The van der Waals surface area contributed by atoms with Crippen LogP contribution < -0.4 is 20.3 Å². The summed E-state index contributed by atoms with van der Waals surface area (Å²) in [7, 11) is 3.67. The molecule has 0 bridgehead atoms. The Morgan fingerprint density at radius 3 is 2.41 bits per heavy atom. The summed E-state index contributed by atoms with van der Waals surface area (Å²) in [5.74, 6) is 1.66. The van der Waals surface area contributed by atoms with Gasteiger partial charge in [0.1, 0.15) is 11.5 Å². The molecule has 1 N–H and O–H groups in total. The van der Waals surface area contributed by atoms with Gasteiger partial charge in [-0.25, -0.2) is 0 Å². The van der Waals surface area contributed by atoms with Crippen molar-refractivity contribution in [3.63, 3.8) is 0 Å². The van der Waals surface area contributed by atoms with E-state index in [1.165, 1.54) is 0 Å². The zero-order chi connectivity index (χ0) is 20.2. The minimum atomic E-state index is 0.0133. The lowest BCUT2D eigenvalue weighted by Gasteiger charge is -2.28. The summed E-state index contributed by atoms with van der Waals surface area (Å²) in [6.45, 7) is 0.533. The van der Waals surface area contributed by atoms with Crippen LogP contribution >= 0.6 is 0 Å². The molecule has 1 aliphatic rings. The van der Waals surface area contributed by atoms with E-state index in [-0.39, 0.29) is 11.7 Å². The Balaban J connectivity index is 1.50. The molecule has 1 aromatic heterocycles. The van der Waals surface area contributed by atoms with Gasteiger partial charge < -0.3 is 19.4 Å². The Hall–Kier alpha value is -2.79. The Morgan fingerprint density at radius 1 is 1.00 bits per heavy atom. The van der Waals surface area contributed by atoms with E-state index in [0.717, 1.165) is 48.1 Å². The Morgan fingerprint density at radius 2 is 1.72 bits per heavy atom. The first-order valence-corrected chi connectivity index (χ1v) is 10.3. The van der Waals surface area contributed by atoms with E-state index in [1.807, 2.05) is 61.8 Å². The van der Waals surface area contributed by atoms with Gasteiger partial charge in [-0.2, -0.15) is 0 Å². The molecule has 0 radical (unpaired) electrons. The summed E-state index contributed by atoms with van der Waals surface area (Å²) in [6.07, 6.45) is 6.53. The highest BCUT2D eigenvalue weighted by Gasteiger charge is 2.21. The fourth-order valence-corrected chi connectivity index (χ4v) is 4.05. The molecule has 1 heterocycles. The van der Waals surface area contributed by atoms with Gasteiger partial charge in [0.15, 0.2) is 0 Å². The lowest BCUT2D eigenvalue weighted by atomic mass is 9.93. The third-order valence-corrected chi connectivity index (χ3v) is 5.85. The van der Waals surface area contributed by atoms with Crippen molar-refractivity contribution in [3.8, 4) is 11.5 Å². The van der Waals surface area contributed by atoms with Crippen molar-refractivity contribution in [3.05, 3.63) is 70.6 Å². The first kappa shape index (κ1) is 19.5. The van der Waals surface area contributed by atoms with E-state index in [9.17, 15) is 4.79 Å². The number of methoxy groups -OCH3 is 1. The maximum absolute atomic E-state index is 12.9. The molecule has 2 aromatic carbocycles. The molecule has 1 aliphatic carbocycles. The molecule has 0 amide bonds. The number of nitrogens with one attached hydrogen (secondary N) is 1. The van der Waals surface area contributed by atoms with Crippen LogP contribution in [0.25, 0.3) is 10.8 Å². The number of rotatable bonds is 6. The van der Waals surface area contributed by atoms with Crippen molar-refractivity contribution in [2.75, 3.05) is 14.2 Å². The molecule has 4 rings (SSSR count). The predicted molar refractivity (Wildman–Crippen MR) is 116 cm³/mol. The van der Waals surface area contributed by atoms with Crippen molar-refractivity contribution < 1.29 is 9.47 Å². The number of hydrogen-bond acceptors (Lipinski definition) is 4. The second-order valence-corrected chi connectivity index (χ2v) is 7.73. The molecule has 5 heteroatoms. The molecular weight excluding hydrogens is 364 g/mol. The molecule has 0 aliphatic heterocycles. The molecular formula is C24H28N2O3.